The van der Waals surface area contributed by atoms with Crippen molar-refractivity contribution in [2.75, 3.05) is 18.4 Å². The first kappa shape index (κ1) is 21.4. The monoisotopic (exact) mass is 432 g/mol. The van der Waals surface area contributed by atoms with Crippen LogP contribution in [-0.4, -0.2) is 41.5 Å². The highest BCUT2D eigenvalue weighted by Gasteiger charge is 2.21. The second-order valence-corrected chi connectivity index (χ2v) is 8.15. The quantitative estimate of drug-likeness (QED) is 0.722. The maximum atomic E-state index is 12.4. The number of halogens is 2. The van der Waals surface area contributed by atoms with E-state index in [0.29, 0.717) is 18.8 Å². The van der Waals surface area contributed by atoms with E-state index in [4.69, 9.17) is 23.2 Å². The van der Waals surface area contributed by atoms with Gasteiger partial charge in [-0.3, -0.25) is 9.59 Å². The molecule has 2 aromatic rings. The van der Waals surface area contributed by atoms with Gasteiger partial charge in [0.15, 0.2) is 0 Å². The summed E-state index contributed by atoms with van der Waals surface area (Å²) in [4.78, 5) is 24.1. The Morgan fingerprint density at radius 2 is 1.78 bits per heavy atom. The van der Waals surface area contributed by atoms with Crippen LogP contribution in [-0.2, 0) is 21.4 Å². The topological polar surface area (TPSA) is 101 Å². The molecule has 1 aromatic heterocycles. The minimum atomic E-state index is -3.57. The van der Waals surface area contributed by atoms with Crippen molar-refractivity contribution in [3.05, 3.63) is 50.9 Å². The van der Waals surface area contributed by atoms with Gasteiger partial charge in [0.05, 0.1) is 16.1 Å². The number of anilines is 1. The van der Waals surface area contributed by atoms with E-state index in [1.165, 1.54) is 34.8 Å². The van der Waals surface area contributed by atoms with Crippen LogP contribution in [0.15, 0.2) is 40.2 Å². The third-order valence-corrected chi connectivity index (χ3v) is 6.53. The van der Waals surface area contributed by atoms with Crippen molar-refractivity contribution < 1.29 is 13.2 Å². The number of rotatable bonds is 7. The van der Waals surface area contributed by atoms with Gasteiger partial charge in [0, 0.05) is 18.8 Å². The van der Waals surface area contributed by atoms with E-state index in [9.17, 15) is 18.0 Å². The van der Waals surface area contributed by atoms with Gasteiger partial charge in [0.2, 0.25) is 15.9 Å². The maximum Gasteiger partial charge on any atom is 0.287 e. The molecule has 8 nitrogen and oxygen atoms in total. The number of nitrogens with one attached hydrogen (secondary N) is 1. The van der Waals surface area contributed by atoms with Crippen molar-refractivity contribution in [3.63, 3.8) is 0 Å². The summed E-state index contributed by atoms with van der Waals surface area (Å²) in [6.45, 7) is 3.88. The van der Waals surface area contributed by atoms with Crippen molar-refractivity contribution >= 4 is 44.8 Å². The van der Waals surface area contributed by atoms with Gasteiger partial charge in [-0.25, -0.2) is 13.1 Å². The highest BCUT2D eigenvalue weighted by atomic mass is 35.5. The molecule has 0 saturated heterocycles. The zero-order chi connectivity index (χ0) is 20.2. The van der Waals surface area contributed by atoms with Crippen molar-refractivity contribution in [1.29, 1.82) is 0 Å². The minimum absolute atomic E-state index is 0.00308. The second kappa shape index (κ2) is 8.83. The molecule has 0 aliphatic heterocycles. The molecular weight excluding hydrogens is 415 g/mol. The van der Waals surface area contributed by atoms with Crippen LogP contribution in [0.2, 0.25) is 10.0 Å². The lowest BCUT2D eigenvalue weighted by atomic mass is 10.3. The predicted molar refractivity (Wildman–Crippen MR) is 104 cm³/mol. The Morgan fingerprint density at radius 1 is 1.19 bits per heavy atom. The lowest BCUT2D eigenvalue weighted by Gasteiger charge is -2.18. The molecule has 1 N–H and O–H groups in total. The molecular formula is C16H18Cl2N4O4S. The van der Waals surface area contributed by atoms with Gasteiger partial charge >= 0.3 is 0 Å². The van der Waals surface area contributed by atoms with Gasteiger partial charge in [-0.2, -0.15) is 9.40 Å². The van der Waals surface area contributed by atoms with Crippen LogP contribution >= 0.6 is 23.2 Å². The largest absolute Gasteiger partial charge is 0.324 e. The molecule has 1 amide bonds. The smallest absolute Gasteiger partial charge is 0.287 e. The number of hydrogen-bond acceptors (Lipinski definition) is 5. The Labute approximate surface area is 166 Å². The van der Waals surface area contributed by atoms with E-state index in [1.54, 1.807) is 13.8 Å². The molecule has 0 bridgehead atoms. The van der Waals surface area contributed by atoms with Crippen LogP contribution in [0.5, 0.6) is 0 Å². The van der Waals surface area contributed by atoms with Crippen LogP contribution in [0.4, 0.5) is 5.69 Å². The summed E-state index contributed by atoms with van der Waals surface area (Å²) in [5, 5.41) is 6.10. The predicted octanol–water partition coefficient (Wildman–Crippen LogP) is 2.22. The minimum Gasteiger partial charge on any atom is -0.324 e. The molecule has 11 heteroatoms. The van der Waals surface area contributed by atoms with E-state index < -0.39 is 21.5 Å². The lowest BCUT2D eigenvalue weighted by molar-refractivity contribution is -0.117. The molecule has 0 aliphatic carbocycles. The molecule has 0 fully saturated rings. The summed E-state index contributed by atoms with van der Waals surface area (Å²) in [5.74, 6) is -0.526. The Bertz CT molecular complexity index is 986. The van der Waals surface area contributed by atoms with Crippen molar-refractivity contribution in [2.24, 2.45) is 0 Å². The van der Waals surface area contributed by atoms with Gasteiger partial charge in [0.1, 0.15) is 11.6 Å². The third-order valence-electron chi connectivity index (χ3n) is 3.72. The number of amides is 1. The van der Waals surface area contributed by atoms with E-state index in [2.05, 4.69) is 10.4 Å². The van der Waals surface area contributed by atoms with Gasteiger partial charge < -0.3 is 5.32 Å². The van der Waals surface area contributed by atoms with Crippen LogP contribution < -0.4 is 10.9 Å². The Morgan fingerprint density at radius 3 is 2.33 bits per heavy atom. The zero-order valence-corrected chi connectivity index (χ0v) is 17.0. The number of nitrogens with zero attached hydrogens (tertiary/aromatic N) is 3. The first-order valence-corrected chi connectivity index (χ1v) is 10.2. The number of carbonyl (C=O) groups excluding carboxylic acids is 1. The van der Waals surface area contributed by atoms with Crippen LogP contribution in [0.3, 0.4) is 0 Å². The van der Waals surface area contributed by atoms with Crippen LogP contribution in [0.25, 0.3) is 0 Å². The lowest BCUT2D eigenvalue weighted by Crippen LogP contribution is -2.30. The van der Waals surface area contributed by atoms with E-state index in [1.807, 2.05) is 0 Å². The average molecular weight is 433 g/mol. The number of aromatic nitrogens is 2. The summed E-state index contributed by atoms with van der Waals surface area (Å²) >= 11 is 11.4. The number of benzene rings is 1. The van der Waals surface area contributed by atoms with E-state index in [-0.39, 0.29) is 21.5 Å². The summed E-state index contributed by atoms with van der Waals surface area (Å²) in [6.07, 6.45) is 1.17. The molecule has 0 unspecified atom stereocenters. The molecule has 0 aliphatic rings. The third kappa shape index (κ3) is 4.86. The highest BCUT2D eigenvalue weighted by Crippen LogP contribution is 2.18. The Balaban J connectivity index is 2.12. The molecule has 1 heterocycles. The molecule has 1 aromatic carbocycles. The first-order valence-electron chi connectivity index (χ1n) is 8.01. The molecule has 0 spiro atoms. The van der Waals surface area contributed by atoms with E-state index in [0.717, 1.165) is 4.68 Å². The van der Waals surface area contributed by atoms with Gasteiger partial charge in [0.25, 0.3) is 5.56 Å². The van der Waals surface area contributed by atoms with Crippen molar-refractivity contribution in [1.82, 2.24) is 14.1 Å². The normalized spacial score (nSPS) is 11.6. The van der Waals surface area contributed by atoms with Crippen molar-refractivity contribution in [3.8, 4) is 0 Å². The number of carbonyl (C=O) groups is 1. The summed E-state index contributed by atoms with van der Waals surface area (Å²) in [7, 11) is -3.57. The van der Waals surface area contributed by atoms with Crippen LogP contribution in [0, 0.1) is 0 Å². The molecule has 0 saturated carbocycles. The van der Waals surface area contributed by atoms with Gasteiger partial charge in [-0.15, -0.1) is 0 Å². The Hall–Kier alpha value is -1.94. The zero-order valence-electron chi connectivity index (χ0n) is 14.6. The average Bonchev–Trinajstić information content (AvgIpc) is 2.63. The van der Waals surface area contributed by atoms with Crippen LogP contribution in [0.1, 0.15) is 13.8 Å². The number of sulfonamides is 1. The summed E-state index contributed by atoms with van der Waals surface area (Å²) in [6, 6.07) is 5.76. The SMILES string of the molecule is CCN(CC)S(=O)(=O)c1ccc(NC(=O)Cn2ncc(Cl)c(Cl)c2=O)cc1. The van der Waals surface area contributed by atoms with Gasteiger partial charge in [-0.05, 0) is 24.3 Å². The standard InChI is InChI=1S/C16H18Cl2N4O4S/c1-3-21(4-2)27(25,26)12-7-5-11(6-8-12)20-14(23)10-22-16(24)15(18)13(17)9-19-22/h5-9H,3-4,10H2,1-2H3,(H,20,23). The summed E-state index contributed by atoms with van der Waals surface area (Å²) in [5.41, 5.74) is -0.299. The maximum absolute atomic E-state index is 12.4. The van der Waals surface area contributed by atoms with Crippen molar-refractivity contribution in [2.45, 2.75) is 25.3 Å². The molecule has 2 rings (SSSR count). The fourth-order valence-corrected chi connectivity index (χ4v) is 4.05. The van der Waals surface area contributed by atoms with Gasteiger partial charge in [-0.1, -0.05) is 37.0 Å². The Kier molecular flexibility index (Phi) is 6.99. The highest BCUT2D eigenvalue weighted by molar-refractivity contribution is 7.89. The van der Waals surface area contributed by atoms with E-state index >= 15 is 0 Å². The molecule has 27 heavy (non-hydrogen) atoms. The fourth-order valence-electron chi connectivity index (χ4n) is 2.32. The molecule has 0 radical (unpaired) electrons. The summed E-state index contributed by atoms with van der Waals surface area (Å²) < 4.78 is 27.1. The number of hydrogen-bond donors (Lipinski definition) is 1. The fraction of sp³-hybridized carbons (Fsp3) is 0.312. The first-order chi connectivity index (χ1) is 12.7. The molecule has 0 atom stereocenters. The second-order valence-electron chi connectivity index (χ2n) is 5.43. The molecule has 146 valence electrons.